The third-order valence-electron chi connectivity index (χ3n) is 8.51. The molecule has 3 atom stereocenters. The van der Waals surface area contributed by atoms with E-state index in [9.17, 15) is 19.4 Å². The number of allylic oxidation sites excluding steroid dienone is 1. The number of carbonyl (C=O) groups excluding carboxylic acids is 1. The number of hydrogen-bond acceptors (Lipinski definition) is 5. The van der Waals surface area contributed by atoms with E-state index in [2.05, 4.69) is 19.2 Å². The standard InChI is InChI=1S/C37H75N2O6P/c1-6-8-10-12-14-15-16-17-18-19-20-21-22-23-25-26-28-30-36(40)35(34-45-46(42,43)44-33-32-39(3,4)5)38-37(41)31-29-27-24-13-11-9-7-2/h28,30,35-36,40H,6-27,29,31-34H2,1-5H3,(H-,38,41,42,43)/p+1/b30-28+/t35-,36+/m0/s1. The first-order valence-electron chi connectivity index (χ1n) is 19.1. The van der Waals surface area contributed by atoms with E-state index in [0.717, 1.165) is 38.5 Å². The zero-order valence-corrected chi connectivity index (χ0v) is 31.7. The maximum Gasteiger partial charge on any atom is 0.472 e. The van der Waals surface area contributed by atoms with Crippen LogP contribution >= 0.6 is 7.82 Å². The molecule has 0 heterocycles. The highest BCUT2D eigenvalue weighted by atomic mass is 31.2. The van der Waals surface area contributed by atoms with Gasteiger partial charge < -0.3 is 19.8 Å². The van der Waals surface area contributed by atoms with E-state index in [1.165, 1.54) is 109 Å². The zero-order chi connectivity index (χ0) is 34.4. The van der Waals surface area contributed by atoms with Crippen LogP contribution in [0.5, 0.6) is 0 Å². The molecule has 0 aromatic rings. The molecule has 0 aliphatic carbocycles. The lowest BCUT2D eigenvalue weighted by molar-refractivity contribution is -0.870. The number of quaternary nitrogens is 1. The molecule has 0 rings (SSSR count). The number of amides is 1. The van der Waals surface area contributed by atoms with Crippen LogP contribution in [0.25, 0.3) is 0 Å². The average molecular weight is 676 g/mol. The minimum atomic E-state index is -4.32. The summed E-state index contributed by atoms with van der Waals surface area (Å²) in [6.07, 6.45) is 31.4. The van der Waals surface area contributed by atoms with Crippen LogP contribution in [0.3, 0.4) is 0 Å². The smallest absolute Gasteiger partial charge is 0.387 e. The minimum Gasteiger partial charge on any atom is -0.387 e. The highest BCUT2D eigenvalue weighted by Crippen LogP contribution is 2.43. The summed E-state index contributed by atoms with van der Waals surface area (Å²) in [5.74, 6) is -0.184. The number of likely N-dealkylation sites (N-methyl/N-ethyl adjacent to an activating group) is 1. The van der Waals surface area contributed by atoms with E-state index in [4.69, 9.17) is 9.05 Å². The van der Waals surface area contributed by atoms with Crippen LogP contribution in [0, 0.1) is 0 Å². The summed E-state index contributed by atoms with van der Waals surface area (Å²) in [4.78, 5) is 22.8. The Bertz CT molecular complexity index is 773. The largest absolute Gasteiger partial charge is 0.472 e. The molecule has 0 aromatic carbocycles. The number of carbonyl (C=O) groups is 1. The van der Waals surface area contributed by atoms with Crippen molar-refractivity contribution in [2.75, 3.05) is 40.9 Å². The summed E-state index contributed by atoms with van der Waals surface area (Å²) in [5, 5.41) is 13.7. The number of nitrogens with zero attached hydrogens (tertiary/aromatic N) is 1. The fourth-order valence-electron chi connectivity index (χ4n) is 5.39. The Balaban J connectivity index is 4.42. The molecule has 0 aromatic heterocycles. The number of unbranched alkanes of at least 4 members (excludes halogenated alkanes) is 21. The molecule has 0 saturated heterocycles. The summed E-state index contributed by atoms with van der Waals surface area (Å²) < 4.78 is 23.4. The van der Waals surface area contributed by atoms with Gasteiger partial charge in [-0.25, -0.2) is 4.57 Å². The molecular formula is C37H76N2O6P+. The van der Waals surface area contributed by atoms with Crippen LogP contribution in [0.4, 0.5) is 0 Å². The van der Waals surface area contributed by atoms with Gasteiger partial charge in [-0.2, -0.15) is 0 Å². The van der Waals surface area contributed by atoms with Gasteiger partial charge in [-0.05, 0) is 19.3 Å². The van der Waals surface area contributed by atoms with Gasteiger partial charge in [0.15, 0.2) is 0 Å². The SMILES string of the molecule is CCCCCCCCCCCCCCCCC/C=C/[C@@H](O)[C@H](COP(=O)(O)OCC[N+](C)(C)C)NC(=O)CCCCCCCCC. The molecule has 274 valence electrons. The molecule has 0 fully saturated rings. The molecule has 8 nitrogen and oxygen atoms in total. The van der Waals surface area contributed by atoms with Crippen molar-refractivity contribution >= 4 is 13.7 Å². The Morgan fingerprint density at radius 1 is 0.717 bits per heavy atom. The van der Waals surface area contributed by atoms with Crippen molar-refractivity contribution < 1.29 is 32.9 Å². The Kier molecular flexibility index (Phi) is 29.8. The van der Waals surface area contributed by atoms with E-state index in [0.29, 0.717) is 17.4 Å². The van der Waals surface area contributed by atoms with Crippen molar-refractivity contribution in [3.63, 3.8) is 0 Å². The Morgan fingerprint density at radius 2 is 1.15 bits per heavy atom. The van der Waals surface area contributed by atoms with E-state index >= 15 is 0 Å². The van der Waals surface area contributed by atoms with Gasteiger partial charge >= 0.3 is 7.82 Å². The summed E-state index contributed by atoms with van der Waals surface area (Å²) in [7, 11) is 1.57. The molecule has 0 saturated carbocycles. The van der Waals surface area contributed by atoms with Gasteiger partial charge in [0.1, 0.15) is 13.2 Å². The number of nitrogens with one attached hydrogen (secondary N) is 1. The number of aliphatic hydroxyl groups is 1. The highest BCUT2D eigenvalue weighted by molar-refractivity contribution is 7.47. The third-order valence-corrected chi connectivity index (χ3v) is 9.49. The lowest BCUT2D eigenvalue weighted by Gasteiger charge is -2.25. The second-order valence-corrected chi connectivity index (χ2v) is 15.8. The number of phosphoric ester groups is 1. The van der Waals surface area contributed by atoms with Crippen molar-refractivity contribution in [1.29, 1.82) is 0 Å². The number of phosphoric acid groups is 1. The van der Waals surface area contributed by atoms with Gasteiger partial charge in [0.05, 0.1) is 39.9 Å². The predicted molar refractivity (Wildman–Crippen MR) is 194 cm³/mol. The second-order valence-electron chi connectivity index (χ2n) is 14.3. The summed E-state index contributed by atoms with van der Waals surface area (Å²) >= 11 is 0. The topological polar surface area (TPSA) is 105 Å². The number of hydrogen-bond donors (Lipinski definition) is 3. The summed E-state index contributed by atoms with van der Waals surface area (Å²) in [6, 6.07) is -0.836. The summed E-state index contributed by atoms with van der Waals surface area (Å²) in [5.41, 5.74) is 0. The Morgan fingerprint density at radius 3 is 1.61 bits per heavy atom. The maximum absolute atomic E-state index is 12.7. The van der Waals surface area contributed by atoms with Gasteiger partial charge in [-0.3, -0.25) is 13.8 Å². The van der Waals surface area contributed by atoms with Gasteiger partial charge in [0.2, 0.25) is 5.91 Å². The monoisotopic (exact) mass is 676 g/mol. The number of rotatable bonds is 34. The minimum absolute atomic E-state index is 0.0638. The van der Waals surface area contributed by atoms with Crippen LogP contribution in [0.1, 0.15) is 168 Å². The van der Waals surface area contributed by atoms with Crippen LogP contribution < -0.4 is 5.32 Å². The second kappa shape index (κ2) is 30.3. The predicted octanol–water partition coefficient (Wildman–Crippen LogP) is 9.63. The van der Waals surface area contributed by atoms with Crippen LogP contribution in [-0.2, 0) is 18.4 Å². The van der Waals surface area contributed by atoms with Crippen LogP contribution in [0.15, 0.2) is 12.2 Å². The molecule has 0 radical (unpaired) electrons. The number of aliphatic hydroxyl groups excluding tert-OH is 1. The zero-order valence-electron chi connectivity index (χ0n) is 30.8. The molecule has 1 unspecified atom stereocenters. The first-order chi connectivity index (χ1) is 22.0. The van der Waals surface area contributed by atoms with E-state index in [1.54, 1.807) is 6.08 Å². The third kappa shape index (κ3) is 31.8. The van der Waals surface area contributed by atoms with Crippen molar-refractivity contribution in [3.8, 4) is 0 Å². The first kappa shape index (κ1) is 45.2. The molecule has 46 heavy (non-hydrogen) atoms. The average Bonchev–Trinajstić information content (AvgIpc) is 2.99. The normalized spacial score (nSPS) is 14.8. The Hall–Kier alpha value is -0.760. The van der Waals surface area contributed by atoms with Crippen molar-refractivity contribution in [3.05, 3.63) is 12.2 Å². The fraction of sp³-hybridized carbons (Fsp3) is 0.919. The van der Waals surface area contributed by atoms with E-state index in [1.807, 2.05) is 27.2 Å². The molecule has 3 N–H and O–H groups in total. The van der Waals surface area contributed by atoms with E-state index < -0.39 is 20.0 Å². The molecule has 0 aliphatic heterocycles. The lowest BCUT2D eigenvalue weighted by atomic mass is 10.0. The van der Waals surface area contributed by atoms with E-state index in [-0.39, 0.29) is 19.1 Å². The molecular weight excluding hydrogens is 599 g/mol. The highest BCUT2D eigenvalue weighted by Gasteiger charge is 2.27. The molecule has 0 spiro atoms. The van der Waals surface area contributed by atoms with Gasteiger partial charge in [-0.1, -0.05) is 154 Å². The van der Waals surface area contributed by atoms with Crippen molar-refractivity contribution in [2.24, 2.45) is 0 Å². The maximum atomic E-state index is 12.7. The molecule has 1 amide bonds. The van der Waals surface area contributed by atoms with Gasteiger partial charge in [0.25, 0.3) is 0 Å². The fourth-order valence-corrected chi connectivity index (χ4v) is 6.13. The lowest BCUT2D eigenvalue weighted by Crippen LogP contribution is -2.45. The van der Waals surface area contributed by atoms with Crippen LogP contribution in [-0.4, -0.2) is 73.4 Å². The molecule has 0 aliphatic rings. The quantitative estimate of drug-likeness (QED) is 0.0272. The first-order valence-corrected chi connectivity index (χ1v) is 20.6. The molecule has 0 bridgehead atoms. The van der Waals surface area contributed by atoms with Gasteiger partial charge in [-0.15, -0.1) is 0 Å². The van der Waals surface area contributed by atoms with Crippen LogP contribution in [0.2, 0.25) is 0 Å². The molecule has 9 heteroatoms. The van der Waals surface area contributed by atoms with Gasteiger partial charge in [0, 0.05) is 6.42 Å². The van der Waals surface area contributed by atoms with Crippen molar-refractivity contribution in [1.82, 2.24) is 5.32 Å². The summed E-state index contributed by atoms with van der Waals surface area (Å²) in [6.45, 7) is 4.75. The Labute approximate surface area is 284 Å². The van der Waals surface area contributed by atoms with Crippen molar-refractivity contribution in [2.45, 2.75) is 180 Å².